The molecule has 8 heteroatoms. The molecular formula is C22H23N5O3. The maximum absolute atomic E-state index is 12.9. The zero-order chi connectivity index (χ0) is 21.1. The van der Waals surface area contributed by atoms with Gasteiger partial charge in [0.15, 0.2) is 5.82 Å². The van der Waals surface area contributed by atoms with E-state index in [9.17, 15) is 9.59 Å². The maximum atomic E-state index is 12.9. The number of hydrogen-bond acceptors (Lipinski definition) is 6. The summed E-state index contributed by atoms with van der Waals surface area (Å²) in [4.78, 5) is 30.3. The molecule has 0 bridgehead atoms. The lowest BCUT2D eigenvalue weighted by atomic mass is 10.1. The Morgan fingerprint density at radius 1 is 1.10 bits per heavy atom. The standard InChI is InChI=1S/C22H23N5O3/c1-15-13-26(21(28)18-10-9-17(12-23-18)22(29)30-2)14-20-25-24-19(27(15)20)11-8-16-6-4-3-5-7-16/h3-7,9-10,12,15H,8,11,13-14H2,1-2H3/t15-/m0/s1. The molecule has 154 valence electrons. The van der Waals surface area contributed by atoms with Gasteiger partial charge in [0.2, 0.25) is 0 Å². The zero-order valence-electron chi connectivity index (χ0n) is 17.0. The molecule has 0 spiro atoms. The lowest BCUT2D eigenvalue weighted by Crippen LogP contribution is -2.41. The summed E-state index contributed by atoms with van der Waals surface area (Å²) in [7, 11) is 1.31. The molecule has 0 radical (unpaired) electrons. The molecule has 1 amide bonds. The van der Waals surface area contributed by atoms with Gasteiger partial charge >= 0.3 is 5.97 Å². The Morgan fingerprint density at radius 3 is 2.60 bits per heavy atom. The molecule has 0 saturated carbocycles. The van der Waals surface area contributed by atoms with Crippen molar-refractivity contribution < 1.29 is 14.3 Å². The molecule has 0 N–H and O–H groups in total. The zero-order valence-corrected chi connectivity index (χ0v) is 17.0. The van der Waals surface area contributed by atoms with E-state index in [0.717, 1.165) is 24.5 Å². The molecule has 1 aliphatic rings. The number of amides is 1. The number of aryl methyl sites for hydroxylation is 2. The molecule has 3 heterocycles. The Balaban J connectivity index is 1.46. The molecule has 2 aromatic heterocycles. The van der Waals surface area contributed by atoms with Crippen molar-refractivity contribution in [1.29, 1.82) is 0 Å². The van der Waals surface area contributed by atoms with Gasteiger partial charge in [-0.1, -0.05) is 30.3 Å². The van der Waals surface area contributed by atoms with E-state index in [1.54, 1.807) is 17.0 Å². The molecule has 8 nitrogen and oxygen atoms in total. The van der Waals surface area contributed by atoms with Gasteiger partial charge in [-0.3, -0.25) is 9.78 Å². The van der Waals surface area contributed by atoms with Crippen LogP contribution < -0.4 is 0 Å². The van der Waals surface area contributed by atoms with Crippen LogP contribution in [0.2, 0.25) is 0 Å². The van der Waals surface area contributed by atoms with Crippen LogP contribution in [0.1, 0.15) is 51.0 Å². The Kier molecular flexibility index (Phi) is 5.56. The summed E-state index contributed by atoms with van der Waals surface area (Å²) in [6, 6.07) is 13.4. The second-order valence-electron chi connectivity index (χ2n) is 7.35. The van der Waals surface area contributed by atoms with Gasteiger partial charge in [-0.15, -0.1) is 10.2 Å². The molecule has 1 aliphatic heterocycles. The van der Waals surface area contributed by atoms with E-state index in [4.69, 9.17) is 0 Å². The summed E-state index contributed by atoms with van der Waals surface area (Å²) in [5.74, 6) is 1.04. The van der Waals surface area contributed by atoms with Crippen LogP contribution in [0.15, 0.2) is 48.7 Å². The van der Waals surface area contributed by atoms with Crippen molar-refractivity contribution in [3.8, 4) is 0 Å². The highest BCUT2D eigenvalue weighted by atomic mass is 16.5. The van der Waals surface area contributed by atoms with Crippen LogP contribution in [0.4, 0.5) is 0 Å². The lowest BCUT2D eigenvalue weighted by molar-refractivity contribution is 0.0597. The number of aromatic nitrogens is 4. The number of benzene rings is 1. The van der Waals surface area contributed by atoms with Crippen LogP contribution in [0.5, 0.6) is 0 Å². The highest BCUT2D eigenvalue weighted by molar-refractivity contribution is 5.94. The van der Waals surface area contributed by atoms with Gasteiger partial charge < -0.3 is 14.2 Å². The predicted molar refractivity (Wildman–Crippen MR) is 109 cm³/mol. The number of esters is 1. The molecule has 0 saturated heterocycles. The monoisotopic (exact) mass is 405 g/mol. The number of carbonyl (C=O) groups is 2. The number of ether oxygens (including phenoxy) is 1. The first-order valence-corrected chi connectivity index (χ1v) is 9.87. The maximum Gasteiger partial charge on any atom is 0.339 e. The van der Waals surface area contributed by atoms with Gasteiger partial charge in [0.1, 0.15) is 11.5 Å². The average Bonchev–Trinajstić information content (AvgIpc) is 3.21. The van der Waals surface area contributed by atoms with Gasteiger partial charge in [-0.05, 0) is 31.0 Å². The Labute approximate surface area is 174 Å². The minimum Gasteiger partial charge on any atom is -0.465 e. The second kappa shape index (κ2) is 8.44. The van der Waals surface area contributed by atoms with Crippen molar-refractivity contribution in [1.82, 2.24) is 24.6 Å². The van der Waals surface area contributed by atoms with Crippen LogP contribution in [0, 0.1) is 0 Å². The van der Waals surface area contributed by atoms with Crippen molar-refractivity contribution in [3.05, 3.63) is 77.1 Å². The third-order valence-corrected chi connectivity index (χ3v) is 5.27. The molecule has 1 aromatic carbocycles. The number of hydrogen-bond donors (Lipinski definition) is 0. The highest BCUT2D eigenvalue weighted by Gasteiger charge is 2.30. The fraction of sp³-hybridized carbons (Fsp3) is 0.318. The van der Waals surface area contributed by atoms with Crippen molar-refractivity contribution >= 4 is 11.9 Å². The van der Waals surface area contributed by atoms with Crippen LogP contribution in [0.25, 0.3) is 0 Å². The average molecular weight is 405 g/mol. The summed E-state index contributed by atoms with van der Waals surface area (Å²) in [6.07, 6.45) is 3.05. The van der Waals surface area contributed by atoms with E-state index in [1.807, 2.05) is 18.2 Å². The van der Waals surface area contributed by atoms with Crippen LogP contribution >= 0.6 is 0 Å². The largest absolute Gasteiger partial charge is 0.465 e. The quantitative estimate of drug-likeness (QED) is 0.606. The molecule has 4 rings (SSSR count). The Morgan fingerprint density at radius 2 is 1.90 bits per heavy atom. The van der Waals surface area contributed by atoms with E-state index < -0.39 is 5.97 Å². The third-order valence-electron chi connectivity index (χ3n) is 5.27. The lowest BCUT2D eigenvalue weighted by Gasteiger charge is -2.32. The number of fused-ring (bicyclic) bond motifs is 1. The summed E-state index contributed by atoms with van der Waals surface area (Å²) in [5.41, 5.74) is 1.85. The normalized spacial score (nSPS) is 15.5. The van der Waals surface area contributed by atoms with E-state index in [2.05, 4.69) is 43.5 Å². The fourth-order valence-electron chi connectivity index (χ4n) is 3.76. The first-order chi connectivity index (χ1) is 14.6. The minimum absolute atomic E-state index is 0.0628. The SMILES string of the molecule is COC(=O)c1ccc(C(=O)N2Cc3nnc(CCc4ccccc4)n3[C@@H](C)C2)nc1. The topological polar surface area (TPSA) is 90.2 Å². The predicted octanol–water partition coefficient (Wildman–Crippen LogP) is 2.46. The molecular weight excluding hydrogens is 382 g/mol. The molecule has 0 unspecified atom stereocenters. The minimum atomic E-state index is -0.482. The Hall–Kier alpha value is -3.55. The second-order valence-corrected chi connectivity index (χ2v) is 7.35. The summed E-state index contributed by atoms with van der Waals surface area (Å²) < 4.78 is 6.80. The number of carbonyl (C=O) groups excluding carboxylic acids is 2. The highest BCUT2D eigenvalue weighted by Crippen LogP contribution is 2.23. The van der Waals surface area contributed by atoms with Crippen molar-refractivity contribution in [2.45, 2.75) is 32.4 Å². The van der Waals surface area contributed by atoms with E-state index in [0.29, 0.717) is 18.7 Å². The molecule has 3 aromatic rings. The smallest absolute Gasteiger partial charge is 0.339 e. The van der Waals surface area contributed by atoms with E-state index in [-0.39, 0.29) is 17.6 Å². The number of nitrogens with zero attached hydrogens (tertiary/aromatic N) is 5. The van der Waals surface area contributed by atoms with Crippen molar-refractivity contribution in [3.63, 3.8) is 0 Å². The van der Waals surface area contributed by atoms with E-state index >= 15 is 0 Å². The van der Waals surface area contributed by atoms with Gasteiger partial charge in [0, 0.05) is 19.2 Å². The first kappa shape index (κ1) is 19.8. The summed E-state index contributed by atoms with van der Waals surface area (Å²) in [5, 5.41) is 8.71. The third kappa shape index (κ3) is 3.94. The molecule has 0 fully saturated rings. The molecule has 30 heavy (non-hydrogen) atoms. The van der Waals surface area contributed by atoms with Crippen molar-refractivity contribution in [2.75, 3.05) is 13.7 Å². The summed E-state index contributed by atoms with van der Waals surface area (Å²) in [6.45, 7) is 2.98. The van der Waals surface area contributed by atoms with Crippen LogP contribution in [-0.2, 0) is 24.1 Å². The molecule has 1 atom stereocenters. The van der Waals surface area contributed by atoms with Crippen LogP contribution in [0.3, 0.4) is 0 Å². The van der Waals surface area contributed by atoms with Gasteiger partial charge in [-0.25, -0.2) is 4.79 Å². The summed E-state index contributed by atoms with van der Waals surface area (Å²) >= 11 is 0. The van der Waals surface area contributed by atoms with Crippen LogP contribution in [-0.4, -0.2) is 50.2 Å². The fourth-order valence-corrected chi connectivity index (χ4v) is 3.76. The van der Waals surface area contributed by atoms with Crippen molar-refractivity contribution in [2.24, 2.45) is 0 Å². The first-order valence-electron chi connectivity index (χ1n) is 9.87. The number of pyridine rings is 1. The Bertz CT molecular complexity index is 1050. The van der Waals surface area contributed by atoms with E-state index in [1.165, 1.54) is 18.9 Å². The molecule has 0 aliphatic carbocycles. The van der Waals surface area contributed by atoms with Gasteiger partial charge in [-0.2, -0.15) is 0 Å². The number of methoxy groups -OCH3 is 1. The van der Waals surface area contributed by atoms with Gasteiger partial charge in [0.25, 0.3) is 5.91 Å². The number of rotatable bonds is 5. The van der Waals surface area contributed by atoms with Gasteiger partial charge in [0.05, 0.1) is 25.3 Å².